The number of aliphatic carboxylic acids is 1. The summed E-state index contributed by atoms with van der Waals surface area (Å²) in [5.74, 6) is -1.87. The molecule has 0 aromatic rings. The molecule has 0 radical (unpaired) electrons. The van der Waals surface area contributed by atoms with Crippen LogP contribution in [0.3, 0.4) is 0 Å². The molecule has 0 heterocycles. The summed E-state index contributed by atoms with van der Waals surface area (Å²) in [7, 11) is 1.23. The Bertz CT molecular complexity index is 320. The summed E-state index contributed by atoms with van der Waals surface area (Å²) in [6.07, 6.45) is -0.943. The molecule has 110 valence electrons. The number of carbonyl (C=O) groups is 3. The molecule has 0 rings (SSSR count). The number of urea groups is 1. The van der Waals surface area contributed by atoms with Crippen LogP contribution in [0.1, 0.15) is 19.8 Å². The third-order valence-electron chi connectivity index (χ3n) is 2.31. The molecule has 0 saturated heterocycles. The average Bonchev–Trinajstić information content (AvgIpc) is 2.37. The molecule has 0 aromatic heterocycles. The van der Waals surface area contributed by atoms with E-state index >= 15 is 0 Å². The lowest BCUT2D eigenvalue weighted by Crippen LogP contribution is -2.44. The topological polar surface area (TPSA) is 116 Å². The van der Waals surface area contributed by atoms with Gasteiger partial charge in [0.25, 0.3) is 0 Å². The highest BCUT2D eigenvalue weighted by molar-refractivity contribution is 5.81. The first kappa shape index (κ1) is 17.2. The smallest absolute Gasteiger partial charge is 0.332 e. The highest BCUT2D eigenvalue weighted by Gasteiger charge is 2.18. The Kier molecular flexibility index (Phi) is 8.27. The monoisotopic (exact) mass is 276 g/mol. The number of nitrogens with one attached hydrogen (secondary N) is 1. The van der Waals surface area contributed by atoms with Gasteiger partial charge >= 0.3 is 18.0 Å². The molecule has 0 aliphatic carbocycles. The molecule has 2 amide bonds. The Morgan fingerprint density at radius 3 is 2.47 bits per heavy atom. The number of hydrogen-bond acceptors (Lipinski definition) is 5. The zero-order valence-corrected chi connectivity index (χ0v) is 11.1. The van der Waals surface area contributed by atoms with Gasteiger partial charge in [0.05, 0.1) is 7.11 Å². The van der Waals surface area contributed by atoms with Gasteiger partial charge in [0.2, 0.25) is 0 Å². The third-order valence-corrected chi connectivity index (χ3v) is 2.31. The number of rotatable bonds is 8. The second-order valence-electron chi connectivity index (χ2n) is 3.87. The molecular weight excluding hydrogens is 256 g/mol. The van der Waals surface area contributed by atoms with Gasteiger partial charge in [0.15, 0.2) is 6.10 Å². The Morgan fingerprint density at radius 1 is 1.37 bits per heavy atom. The number of carboxylic acids is 1. The molecule has 0 aromatic carbocycles. The molecule has 0 spiro atoms. The molecule has 0 aliphatic heterocycles. The molecule has 0 aliphatic rings. The molecule has 0 fully saturated rings. The standard InChI is InChI=1S/C11H20N2O6/c1-3-6-13(7-9(15)19-2)11(18)12-5-4-8(14)10(16)17/h8,14H,3-7H2,1-2H3,(H,12,18)(H,16,17)/t8-/m0/s1. The Balaban J connectivity index is 4.17. The number of carboxylic acid groups (broad SMARTS) is 1. The zero-order valence-electron chi connectivity index (χ0n) is 11.1. The predicted octanol–water partition coefficient (Wildman–Crippen LogP) is -0.583. The summed E-state index contributed by atoms with van der Waals surface area (Å²) in [6, 6.07) is -0.496. The minimum absolute atomic E-state index is 0.00763. The zero-order chi connectivity index (χ0) is 14.8. The normalized spacial score (nSPS) is 11.5. The van der Waals surface area contributed by atoms with E-state index in [1.807, 2.05) is 6.92 Å². The Morgan fingerprint density at radius 2 is 2.00 bits per heavy atom. The van der Waals surface area contributed by atoms with Crippen LogP contribution in [-0.4, -0.2) is 65.9 Å². The van der Waals surface area contributed by atoms with Gasteiger partial charge < -0.3 is 25.2 Å². The molecular formula is C11H20N2O6. The van der Waals surface area contributed by atoms with Gasteiger partial charge in [-0.15, -0.1) is 0 Å². The van der Waals surface area contributed by atoms with Crippen molar-refractivity contribution in [3.63, 3.8) is 0 Å². The average molecular weight is 276 g/mol. The van der Waals surface area contributed by atoms with Crippen LogP contribution in [0.5, 0.6) is 0 Å². The largest absolute Gasteiger partial charge is 0.479 e. The SMILES string of the molecule is CCCN(CC(=O)OC)C(=O)NCC[C@H](O)C(=O)O. The molecule has 0 saturated carbocycles. The number of amides is 2. The second-order valence-corrected chi connectivity index (χ2v) is 3.87. The van der Waals surface area contributed by atoms with Crippen LogP contribution in [-0.2, 0) is 14.3 Å². The van der Waals surface area contributed by atoms with E-state index in [4.69, 9.17) is 10.2 Å². The molecule has 0 bridgehead atoms. The maximum absolute atomic E-state index is 11.7. The van der Waals surface area contributed by atoms with E-state index in [9.17, 15) is 14.4 Å². The van der Waals surface area contributed by atoms with Crippen LogP contribution >= 0.6 is 0 Å². The van der Waals surface area contributed by atoms with Crippen molar-refractivity contribution in [2.24, 2.45) is 0 Å². The second kappa shape index (κ2) is 9.15. The first-order valence-electron chi connectivity index (χ1n) is 5.92. The molecule has 1 atom stereocenters. The van der Waals surface area contributed by atoms with E-state index < -0.39 is 24.1 Å². The lowest BCUT2D eigenvalue weighted by molar-refractivity contribution is -0.146. The van der Waals surface area contributed by atoms with Gasteiger partial charge in [-0.3, -0.25) is 4.79 Å². The Hall–Kier alpha value is -1.83. The van der Waals surface area contributed by atoms with E-state index in [2.05, 4.69) is 10.1 Å². The van der Waals surface area contributed by atoms with Gasteiger partial charge in [-0.25, -0.2) is 9.59 Å². The maximum Gasteiger partial charge on any atom is 0.332 e. The fourth-order valence-corrected chi connectivity index (χ4v) is 1.29. The minimum atomic E-state index is -1.51. The first-order valence-corrected chi connectivity index (χ1v) is 5.92. The van der Waals surface area contributed by atoms with Crippen molar-refractivity contribution in [3.05, 3.63) is 0 Å². The molecule has 0 unspecified atom stereocenters. The van der Waals surface area contributed by atoms with Crippen molar-refractivity contribution in [3.8, 4) is 0 Å². The van der Waals surface area contributed by atoms with Gasteiger partial charge in [0.1, 0.15) is 6.54 Å². The minimum Gasteiger partial charge on any atom is -0.479 e. The van der Waals surface area contributed by atoms with Crippen LogP contribution in [0, 0.1) is 0 Å². The predicted molar refractivity (Wildman–Crippen MR) is 65.5 cm³/mol. The number of ether oxygens (including phenoxy) is 1. The van der Waals surface area contributed by atoms with Crippen LogP contribution in [0.25, 0.3) is 0 Å². The summed E-state index contributed by atoms with van der Waals surface area (Å²) in [5.41, 5.74) is 0. The van der Waals surface area contributed by atoms with Crippen LogP contribution in [0.4, 0.5) is 4.79 Å². The summed E-state index contributed by atoms with van der Waals surface area (Å²) in [4.78, 5) is 34.4. The highest BCUT2D eigenvalue weighted by atomic mass is 16.5. The van der Waals surface area contributed by atoms with Gasteiger partial charge in [-0.1, -0.05) is 6.92 Å². The molecule has 3 N–H and O–H groups in total. The van der Waals surface area contributed by atoms with Crippen LogP contribution in [0.15, 0.2) is 0 Å². The number of methoxy groups -OCH3 is 1. The summed E-state index contributed by atoms with van der Waals surface area (Å²) in [6.45, 7) is 2.07. The van der Waals surface area contributed by atoms with E-state index in [1.54, 1.807) is 0 Å². The third kappa shape index (κ3) is 7.24. The molecule has 19 heavy (non-hydrogen) atoms. The molecule has 8 nitrogen and oxygen atoms in total. The van der Waals surface area contributed by atoms with Crippen molar-refractivity contribution in [1.82, 2.24) is 10.2 Å². The van der Waals surface area contributed by atoms with Crippen molar-refractivity contribution in [2.75, 3.05) is 26.7 Å². The lowest BCUT2D eigenvalue weighted by Gasteiger charge is -2.21. The van der Waals surface area contributed by atoms with Gasteiger partial charge in [-0.05, 0) is 6.42 Å². The summed E-state index contributed by atoms with van der Waals surface area (Å²) in [5, 5.41) is 19.9. The van der Waals surface area contributed by atoms with Gasteiger partial charge in [0, 0.05) is 19.5 Å². The van der Waals surface area contributed by atoms with Gasteiger partial charge in [-0.2, -0.15) is 0 Å². The van der Waals surface area contributed by atoms with Crippen molar-refractivity contribution in [2.45, 2.75) is 25.9 Å². The molecule has 8 heteroatoms. The van der Waals surface area contributed by atoms with E-state index in [1.165, 1.54) is 12.0 Å². The fourth-order valence-electron chi connectivity index (χ4n) is 1.29. The number of esters is 1. The van der Waals surface area contributed by atoms with Crippen LogP contribution < -0.4 is 5.32 Å². The highest BCUT2D eigenvalue weighted by Crippen LogP contribution is 1.95. The van der Waals surface area contributed by atoms with Crippen molar-refractivity contribution < 1.29 is 29.3 Å². The lowest BCUT2D eigenvalue weighted by atomic mass is 10.2. The van der Waals surface area contributed by atoms with Crippen molar-refractivity contribution in [1.29, 1.82) is 0 Å². The maximum atomic E-state index is 11.7. The number of nitrogens with zero attached hydrogens (tertiary/aromatic N) is 1. The number of carbonyl (C=O) groups excluding carboxylic acids is 2. The van der Waals surface area contributed by atoms with E-state index in [0.717, 1.165) is 0 Å². The summed E-state index contributed by atoms with van der Waals surface area (Å²) < 4.78 is 4.47. The van der Waals surface area contributed by atoms with Crippen molar-refractivity contribution >= 4 is 18.0 Å². The number of aliphatic hydroxyl groups is 1. The van der Waals surface area contributed by atoms with E-state index in [-0.39, 0.29) is 19.5 Å². The van der Waals surface area contributed by atoms with Crippen LogP contribution in [0.2, 0.25) is 0 Å². The first-order chi connectivity index (χ1) is 8.92. The number of hydrogen-bond donors (Lipinski definition) is 3. The summed E-state index contributed by atoms with van der Waals surface area (Å²) >= 11 is 0. The van der Waals surface area contributed by atoms with E-state index in [0.29, 0.717) is 13.0 Å². The quantitative estimate of drug-likeness (QED) is 0.511. The number of aliphatic hydroxyl groups excluding tert-OH is 1. The fraction of sp³-hybridized carbons (Fsp3) is 0.727. The Labute approximate surface area is 111 Å².